The van der Waals surface area contributed by atoms with Crippen LogP contribution in [0.4, 0.5) is 0 Å². The molecular weight excluding hydrogens is 198 g/mol. The van der Waals surface area contributed by atoms with Crippen LogP contribution in [-0.2, 0) is 12.8 Å². The van der Waals surface area contributed by atoms with E-state index in [1.165, 1.54) is 11.1 Å². The van der Waals surface area contributed by atoms with Gasteiger partial charge in [0.15, 0.2) is 0 Å². The molecule has 88 valence electrons. The SMILES string of the molecule is CC(C)C(CO)NC1Cc2ccccc2C1. The van der Waals surface area contributed by atoms with Crippen LogP contribution < -0.4 is 5.32 Å². The highest BCUT2D eigenvalue weighted by Crippen LogP contribution is 2.22. The summed E-state index contributed by atoms with van der Waals surface area (Å²) < 4.78 is 0. The maximum atomic E-state index is 9.31. The molecular formula is C14H21NO. The van der Waals surface area contributed by atoms with Gasteiger partial charge in [0.2, 0.25) is 0 Å². The molecule has 0 amide bonds. The lowest BCUT2D eigenvalue weighted by atomic mass is 10.0. The van der Waals surface area contributed by atoms with E-state index in [0.29, 0.717) is 12.0 Å². The van der Waals surface area contributed by atoms with Gasteiger partial charge < -0.3 is 10.4 Å². The van der Waals surface area contributed by atoms with Gasteiger partial charge in [0.25, 0.3) is 0 Å². The topological polar surface area (TPSA) is 32.3 Å². The molecule has 0 saturated heterocycles. The number of aliphatic hydroxyl groups excluding tert-OH is 1. The Morgan fingerprint density at radius 2 is 1.81 bits per heavy atom. The fourth-order valence-electron chi connectivity index (χ4n) is 2.44. The van der Waals surface area contributed by atoms with Gasteiger partial charge in [-0.05, 0) is 29.9 Å². The first-order chi connectivity index (χ1) is 7.70. The number of nitrogens with one attached hydrogen (secondary N) is 1. The molecule has 2 N–H and O–H groups in total. The Labute approximate surface area is 97.7 Å². The fraction of sp³-hybridized carbons (Fsp3) is 0.571. The lowest BCUT2D eigenvalue weighted by molar-refractivity contribution is 0.199. The van der Waals surface area contributed by atoms with Crippen LogP contribution in [0.1, 0.15) is 25.0 Å². The molecule has 0 bridgehead atoms. The third-order valence-electron chi connectivity index (χ3n) is 3.50. The van der Waals surface area contributed by atoms with Gasteiger partial charge in [0, 0.05) is 12.1 Å². The molecule has 0 saturated carbocycles. The van der Waals surface area contributed by atoms with Crippen molar-refractivity contribution in [3.8, 4) is 0 Å². The lowest BCUT2D eigenvalue weighted by Gasteiger charge is -2.24. The van der Waals surface area contributed by atoms with Crippen molar-refractivity contribution >= 4 is 0 Å². The summed E-state index contributed by atoms with van der Waals surface area (Å²) in [6.45, 7) is 4.52. The Hall–Kier alpha value is -0.860. The number of benzene rings is 1. The molecule has 1 aliphatic carbocycles. The van der Waals surface area contributed by atoms with Gasteiger partial charge in [-0.3, -0.25) is 0 Å². The van der Waals surface area contributed by atoms with Crippen molar-refractivity contribution in [3.05, 3.63) is 35.4 Å². The van der Waals surface area contributed by atoms with Crippen LogP contribution in [0.25, 0.3) is 0 Å². The second-order valence-electron chi connectivity index (χ2n) is 5.07. The van der Waals surface area contributed by atoms with Crippen molar-refractivity contribution in [2.45, 2.75) is 38.8 Å². The molecule has 0 aromatic heterocycles. The fourth-order valence-corrected chi connectivity index (χ4v) is 2.44. The summed E-state index contributed by atoms with van der Waals surface area (Å²) in [5, 5.41) is 12.9. The highest BCUT2D eigenvalue weighted by Gasteiger charge is 2.24. The minimum Gasteiger partial charge on any atom is -0.395 e. The standard InChI is InChI=1S/C14H21NO/c1-10(2)14(9-16)15-13-7-11-5-3-4-6-12(11)8-13/h3-6,10,13-16H,7-9H2,1-2H3. The zero-order chi connectivity index (χ0) is 11.5. The van der Waals surface area contributed by atoms with Gasteiger partial charge in [0.05, 0.1) is 6.61 Å². The summed E-state index contributed by atoms with van der Waals surface area (Å²) >= 11 is 0. The predicted molar refractivity (Wildman–Crippen MR) is 66.5 cm³/mol. The van der Waals surface area contributed by atoms with Crippen molar-refractivity contribution in [2.24, 2.45) is 5.92 Å². The summed E-state index contributed by atoms with van der Waals surface area (Å²) in [5.41, 5.74) is 2.92. The van der Waals surface area contributed by atoms with E-state index in [0.717, 1.165) is 12.8 Å². The van der Waals surface area contributed by atoms with E-state index < -0.39 is 0 Å². The maximum Gasteiger partial charge on any atom is 0.0587 e. The quantitative estimate of drug-likeness (QED) is 0.809. The van der Waals surface area contributed by atoms with Gasteiger partial charge in [-0.15, -0.1) is 0 Å². The molecule has 1 atom stereocenters. The number of fused-ring (bicyclic) bond motifs is 1. The van der Waals surface area contributed by atoms with Crippen LogP contribution in [0.5, 0.6) is 0 Å². The van der Waals surface area contributed by atoms with Crippen molar-refractivity contribution < 1.29 is 5.11 Å². The Kier molecular flexibility index (Phi) is 3.62. The summed E-state index contributed by atoms with van der Waals surface area (Å²) in [6, 6.07) is 9.34. The Morgan fingerprint density at radius 3 is 2.25 bits per heavy atom. The maximum absolute atomic E-state index is 9.31. The normalized spacial score (nSPS) is 17.8. The summed E-state index contributed by atoms with van der Waals surface area (Å²) in [4.78, 5) is 0. The van der Waals surface area contributed by atoms with Gasteiger partial charge in [0.1, 0.15) is 0 Å². The van der Waals surface area contributed by atoms with Crippen LogP contribution in [0, 0.1) is 5.92 Å². The Morgan fingerprint density at radius 1 is 1.25 bits per heavy atom. The van der Waals surface area contributed by atoms with E-state index in [2.05, 4.69) is 43.4 Å². The molecule has 16 heavy (non-hydrogen) atoms. The second kappa shape index (κ2) is 4.98. The minimum atomic E-state index is 0.222. The zero-order valence-corrected chi connectivity index (χ0v) is 10.1. The minimum absolute atomic E-state index is 0.222. The number of hydrogen-bond acceptors (Lipinski definition) is 2. The average Bonchev–Trinajstić information content (AvgIpc) is 2.67. The number of rotatable bonds is 4. The van der Waals surface area contributed by atoms with E-state index in [9.17, 15) is 5.11 Å². The van der Waals surface area contributed by atoms with Crippen molar-refractivity contribution in [1.29, 1.82) is 0 Å². The van der Waals surface area contributed by atoms with Crippen LogP contribution in [-0.4, -0.2) is 23.8 Å². The van der Waals surface area contributed by atoms with Crippen LogP contribution in [0.2, 0.25) is 0 Å². The molecule has 1 aromatic carbocycles. The lowest BCUT2D eigenvalue weighted by Crippen LogP contribution is -2.44. The van der Waals surface area contributed by atoms with E-state index in [4.69, 9.17) is 0 Å². The van der Waals surface area contributed by atoms with Crippen molar-refractivity contribution in [2.75, 3.05) is 6.61 Å². The van der Waals surface area contributed by atoms with Gasteiger partial charge >= 0.3 is 0 Å². The highest BCUT2D eigenvalue weighted by atomic mass is 16.3. The third-order valence-corrected chi connectivity index (χ3v) is 3.50. The molecule has 2 heteroatoms. The van der Waals surface area contributed by atoms with Crippen molar-refractivity contribution in [1.82, 2.24) is 5.32 Å². The van der Waals surface area contributed by atoms with Gasteiger partial charge in [-0.1, -0.05) is 38.1 Å². The monoisotopic (exact) mass is 219 g/mol. The molecule has 0 spiro atoms. The van der Waals surface area contributed by atoms with E-state index >= 15 is 0 Å². The molecule has 1 unspecified atom stereocenters. The van der Waals surface area contributed by atoms with Crippen LogP contribution >= 0.6 is 0 Å². The number of hydrogen-bond donors (Lipinski definition) is 2. The summed E-state index contributed by atoms with van der Waals surface area (Å²) in [7, 11) is 0. The van der Waals surface area contributed by atoms with Gasteiger partial charge in [-0.2, -0.15) is 0 Å². The molecule has 2 rings (SSSR count). The summed E-state index contributed by atoms with van der Waals surface area (Å²) in [5.74, 6) is 0.480. The second-order valence-corrected chi connectivity index (χ2v) is 5.07. The van der Waals surface area contributed by atoms with Crippen LogP contribution in [0.15, 0.2) is 24.3 Å². The third kappa shape index (κ3) is 2.45. The molecule has 1 aliphatic rings. The molecule has 0 fully saturated rings. The molecule has 0 radical (unpaired) electrons. The average molecular weight is 219 g/mol. The molecule has 1 aromatic rings. The predicted octanol–water partition coefficient (Wildman–Crippen LogP) is 1.76. The van der Waals surface area contributed by atoms with E-state index in [1.54, 1.807) is 0 Å². The Bertz CT molecular complexity index is 323. The highest BCUT2D eigenvalue weighted by molar-refractivity contribution is 5.33. The first-order valence-electron chi connectivity index (χ1n) is 6.14. The molecule has 0 heterocycles. The van der Waals surface area contributed by atoms with Crippen molar-refractivity contribution in [3.63, 3.8) is 0 Å². The first-order valence-corrected chi connectivity index (χ1v) is 6.14. The Balaban J connectivity index is 1.96. The van der Waals surface area contributed by atoms with Gasteiger partial charge in [-0.25, -0.2) is 0 Å². The largest absolute Gasteiger partial charge is 0.395 e. The zero-order valence-electron chi connectivity index (χ0n) is 10.1. The molecule has 2 nitrogen and oxygen atoms in total. The van der Waals surface area contributed by atoms with Crippen LogP contribution in [0.3, 0.4) is 0 Å². The van der Waals surface area contributed by atoms with E-state index in [1.807, 2.05) is 0 Å². The van der Waals surface area contributed by atoms with E-state index in [-0.39, 0.29) is 12.6 Å². The smallest absolute Gasteiger partial charge is 0.0587 e. The first kappa shape index (κ1) is 11.6. The number of aliphatic hydroxyl groups is 1. The summed E-state index contributed by atoms with van der Waals surface area (Å²) in [6.07, 6.45) is 2.19. The molecule has 0 aliphatic heterocycles.